The Hall–Kier alpha value is -0.910. The molecular formula is C18H27NO3S. The highest BCUT2D eigenvalue weighted by Gasteiger charge is 2.46. The third kappa shape index (κ3) is 3.78. The Morgan fingerprint density at radius 3 is 2.39 bits per heavy atom. The third-order valence-electron chi connectivity index (χ3n) is 5.04. The van der Waals surface area contributed by atoms with E-state index < -0.39 is 16.4 Å². The van der Waals surface area contributed by atoms with Gasteiger partial charge in [-0.05, 0) is 57.5 Å². The number of hydrogen-bond acceptors (Lipinski definition) is 4. The van der Waals surface area contributed by atoms with Crippen molar-refractivity contribution < 1.29 is 14.1 Å². The SMILES string of the molecule is CN(C)CCOc1ccc(C2(O)CC3CCCC(C2)S3=O)cc1. The van der Waals surface area contributed by atoms with Gasteiger partial charge in [0.15, 0.2) is 0 Å². The van der Waals surface area contributed by atoms with Gasteiger partial charge in [-0.2, -0.15) is 0 Å². The third-order valence-corrected chi connectivity index (χ3v) is 7.16. The van der Waals surface area contributed by atoms with E-state index in [2.05, 4.69) is 4.90 Å². The minimum atomic E-state index is -0.828. The van der Waals surface area contributed by atoms with Crippen LogP contribution in [-0.4, -0.2) is 52.0 Å². The Balaban J connectivity index is 1.68. The van der Waals surface area contributed by atoms with Crippen molar-refractivity contribution in [1.82, 2.24) is 4.90 Å². The molecule has 0 spiro atoms. The second kappa shape index (κ2) is 6.91. The number of rotatable bonds is 5. The van der Waals surface area contributed by atoms with Gasteiger partial charge in [-0.1, -0.05) is 18.6 Å². The van der Waals surface area contributed by atoms with Crippen LogP contribution in [0.1, 0.15) is 37.7 Å². The lowest BCUT2D eigenvalue weighted by molar-refractivity contribution is 0.00650. The largest absolute Gasteiger partial charge is 0.492 e. The molecule has 128 valence electrons. The average molecular weight is 337 g/mol. The number of benzene rings is 1. The van der Waals surface area contributed by atoms with Gasteiger partial charge in [0.25, 0.3) is 0 Å². The number of likely N-dealkylation sites (N-methyl/N-ethyl adjacent to an activating group) is 1. The quantitative estimate of drug-likeness (QED) is 0.895. The molecule has 2 aliphatic heterocycles. The predicted octanol–water partition coefficient (Wildman–Crippen LogP) is 2.28. The van der Waals surface area contributed by atoms with Crippen LogP contribution in [0.25, 0.3) is 0 Å². The molecule has 2 unspecified atom stereocenters. The molecule has 0 aromatic heterocycles. The summed E-state index contributed by atoms with van der Waals surface area (Å²) in [5, 5.41) is 11.4. The minimum absolute atomic E-state index is 0.156. The Bertz CT molecular complexity index is 542. The molecule has 1 N–H and O–H groups in total. The van der Waals surface area contributed by atoms with Gasteiger partial charge in [0.05, 0.1) is 5.60 Å². The fourth-order valence-corrected chi connectivity index (χ4v) is 5.95. The van der Waals surface area contributed by atoms with Crippen molar-refractivity contribution in [3.05, 3.63) is 29.8 Å². The molecule has 1 aromatic carbocycles. The summed E-state index contributed by atoms with van der Waals surface area (Å²) >= 11 is 0. The molecule has 4 nitrogen and oxygen atoms in total. The van der Waals surface area contributed by atoms with Crippen LogP contribution in [0.15, 0.2) is 24.3 Å². The Kier molecular flexibility index (Phi) is 5.09. The first-order valence-corrected chi connectivity index (χ1v) is 9.75. The van der Waals surface area contributed by atoms with Crippen LogP contribution in [0, 0.1) is 0 Å². The monoisotopic (exact) mass is 337 g/mol. The Labute approximate surface area is 141 Å². The first kappa shape index (κ1) is 16.9. The van der Waals surface area contributed by atoms with E-state index >= 15 is 0 Å². The van der Waals surface area contributed by atoms with Gasteiger partial charge in [-0.25, -0.2) is 0 Å². The highest BCUT2D eigenvalue weighted by atomic mass is 32.2. The number of fused-ring (bicyclic) bond motifs is 2. The van der Waals surface area contributed by atoms with Gasteiger partial charge in [0, 0.05) is 27.8 Å². The van der Waals surface area contributed by atoms with Crippen molar-refractivity contribution in [2.24, 2.45) is 0 Å². The number of nitrogens with zero attached hydrogens (tertiary/aromatic N) is 1. The van der Waals surface area contributed by atoms with Gasteiger partial charge in [0.1, 0.15) is 12.4 Å². The molecule has 2 fully saturated rings. The second-order valence-corrected chi connectivity index (χ2v) is 9.11. The fourth-order valence-electron chi connectivity index (χ4n) is 3.73. The molecule has 5 heteroatoms. The zero-order chi connectivity index (χ0) is 16.4. The predicted molar refractivity (Wildman–Crippen MR) is 93.2 cm³/mol. The van der Waals surface area contributed by atoms with Crippen LogP contribution in [0.3, 0.4) is 0 Å². The molecule has 23 heavy (non-hydrogen) atoms. The van der Waals surface area contributed by atoms with E-state index in [0.717, 1.165) is 37.1 Å². The molecule has 3 rings (SSSR count). The molecule has 0 radical (unpaired) electrons. The first-order chi connectivity index (χ1) is 11.0. The molecule has 0 amide bonds. The van der Waals surface area contributed by atoms with E-state index in [1.165, 1.54) is 0 Å². The lowest BCUT2D eigenvalue weighted by Gasteiger charge is -2.43. The summed E-state index contributed by atoms with van der Waals surface area (Å²) in [4.78, 5) is 2.08. The number of ether oxygens (including phenoxy) is 1. The molecule has 2 saturated heterocycles. The summed E-state index contributed by atoms with van der Waals surface area (Å²) in [6, 6.07) is 7.80. The summed E-state index contributed by atoms with van der Waals surface area (Å²) in [7, 11) is 3.28. The fraction of sp³-hybridized carbons (Fsp3) is 0.667. The van der Waals surface area contributed by atoms with E-state index in [1.54, 1.807) is 0 Å². The zero-order valence-corrected chi connectivity index (χ0v) is 14.8. The smallest absolute Gasteiger partial charge is 0.119 e. The van der Waals surface area contributed by atoms with Crippen molar-refractivity contribution in [1.29, 1.82) is 0 Å². The summed E-state index contributed by atoms with van der Waals surface area (Å²) in [5.74, 6) is 0.832. The normalized spacial score (nSPS) is 33.7. The van der Waals surface area contributed by atoms with Crippen LogP contribution in [0.2, 0.25) is 0 Å². The number of aliphatic hydroxyl groups is 1. The van der Waals surface area contributed by atoms with E-state index in [9.17, 15) is 9.32 Å². The maximum Gasteiger partial charge on any atom is 0.119 e. The van der Waals surface area contributed by atoms with E-state index in [0.29, 0.717) is 19.4 Å². The molecule has 2 atom stereocenters. The van der Waals surface area contributed by atoms with Gasteiger partial charge in [0.2, 0.25) is 0 Å². The topological polar surface area (TPSA) is 49.8 Å². The van der Waals surface area contributed by atoms with Gasteiger partial charge < -0.3 is 14.7 Å². The lowest BCUT2D eigenvalue weighted by atomic mass is 9.80. The summed E-state index contributed by atoms with van der Waals surface area (Å²) in [6.45, 7) is 1.53. The summed E-state index contributed by atoms with van der Waals surface area (Å²) < 4.78 is 18.0. The highest BCUT2D eigenvalue weighted by molar-refractivity contribution is 7.86. The van der Waals surface area contributed by atoms with E-state index in [1.807, 2.05) is 38.4 Å². The molecule has 2 heterocycles. The van der Waals surface area contributed by atoms with Gasteiger partial charge >= 0.3 is 0 Å². The highest BCUT2D eigenvalue weighted by Crippen LogP contribution is 2.44. The second-order valence-electron chi connectivity index (χ2n) is 7.12. The van der Waals surface area contributed by atoms with Crippen LogP contribution in [-0.2, 0) is 16.4 Å². The molecule has 0 aliphatic carbocycles. The van der Waals surface area contributed by atoms with Crippen LogP contribution in [0.5, 0.6) is 5.75 Å². The van der Waals surface area contributed by atoms with E-state index in [-0.39, 0.29) is 10.5 Å². The summed E-state index contributed by atoms with van der Waals surface area (Å²) in [6.07, 6.45) is 4.36. The Morgan fingerprint density at radius 2 is 1.83 bits per heavy atom. The standard InChI is InChI=1S/C18H27NO3S/c1-19(2)10-11-22-15-8-6-14(7-9-15)18(20)12-16-4-3-5-17(13-18)23(16)21/h6-9,16-17,20H,3-5,10-13H2,1-2H3. The Morgan fingerprint density at radius 1 is 1.22 bits per heavy atom. The molecule has 0 saturated carbocycles. The lowest BCUT2D eigenvalue weighted by Crippen LogP contribution is -2.47. The van der Waals surface area contributed by atoms with Crippen molar-refractivity contribution in [2.45, 2.75) is 48.2 Å². The van der Waals surface area contributed by atoms with Gasteiger partial charge in [-0.3, -0.25) is 4.21 Å². The van der Waals surface area contributed by atoms with Crippen molar-refractivity contribution in [3.63, 3.8) is 0 Å². The van der Waals surface area contributed by atoms with Gasteiger partial charge in [-0.15, -0.1) is 0 Å². The minimum Gasteiger partial charge on any atom is -0.492 e. The van der Waals surface area contributed by atoms with Crippen LogP contribution < -0.4 is 4.74 Å². The van der Waals surface area contributed by atoms with Crippen molar-refractivity contribution in [3.8, 4) is 5.75 Å². The van der Waals surface area contributed by atoms with Crippen LogP contribution >= 0.6 is 0 Å². The molecular weight excluding hydrogens is 310 g/mol. The average Bonchev–Trinajstić information content (AvgIpc) is 2.49. The van der Waals surface area contributed by atoms with Crippen LogP contribution in [0.4, 0.5) is 0 Å². The zero-order valence-electron chi connectivity index (χ0n) is 14.0. The maximum atomic E-state index is 12.3. The van der Waals surface area contributed by atoms with Crippen molar-refractivity contribution >= 4 is 10.8 Å². The molecule has 1 aromatic rings. The molecule has 2 aliphatic rings. The molecule has 2 bridgehead atoms. The van der Waals surface area contributed by atoms with Crippen molar-refractivity contribution in [2.75, 3.05) is 27.2 Å². The maximum absolute atomic E-state index is 12.3. The number of hydrogen-bond donors (Lipinski definition) is 1. The summed E-state index contributed by atoms with van der Waals surface area (Å²) in [5.41, 5.74) is 0.109. The first-order valence-electron chi connectivity index (χ1n) is 8.48. The van der Waals surface area contributed by atoms with E-state index in [4.69, 9.17) is 4.74 Å².